The molecule has 0 unspecified atom stereocenters. The molecule has 2 aromatic heterocycles. The van der Waals surface area contributed by atoms with Crippen LogP contribution in [-0.4, -0.2) is 14.6 Å². The smallest absolute Gasteiger partial charge is 0.157 e. The summed E-state index contributed by atoms with van der Waals surface area (Å²) in [6.45, 7) is 0. The normalized spacial score (nSPS) is 10.9. The third kappa shape index (κ3) is 3.76. The highest BCUT2D eigenvalue weighted by molar-refractivity contribution is 5.79. The number of aryl methyl sites for hydroxylation is 1. The summed E-state index contributed by atoms with van der Waals surface area (Å²) in [4.78, 5) is 4.55. The Balaban J connectivity index is 1.62. The van der Waals surface area contributed by atoms with Crippen LogP contribution in [0.2, 0.25) is 0 Å². The van der Waals surface area contributed by atoms with E-state index in [0.29, 0.717) is 24.3 Å². The SMILES string of the molecule is Nc1cc(CCC=C(c2ccc(F)cc2)c2ccc(F)cc2)nc2ccnn12. The van der Waals surface area contributed by atoms with Crippen molar-refractivity contribution in [3.8, 4) is 0 Å². The van der Waals surface area contributed by atoms with E-state index in [1.807, 2.05) is 6.07 Å². The average molecular weight is 376 g/mol. The van der Waals surface area contributed by atoms with E-state index in [9.17, 15) is 8.78 Å². The number of benzene rings is 2. The van der Waals surface area contributed by atoms with Crippen molar-refractivity contribution in [3.05, 3.63) is 101 Å². The zero-order valence-electron chi connectivity index (χ0n) is 15.0. The van der Waals surface area contributed by atoms with Gasteiger partial charge in [0, 0.05) is 17.8 Å². The lowest BCUT2D eigenvalue weighted by Gasteiger charge is -2.09. The first-order chi connectivity index (χ1) is 13.6. The predicted octanol–water partition coefficient (Wildman–Crippen LogP) is 4.65. The molecule has 140 valence electrons. The van der Waals surface area contributed by atoms with Crippen LogP contribution in [-0.2, 0) is 6.42 Å². The molecule has 28 heavy (non-hydrogen) atoms. The molecular weight excluding hydrogens is 358 g/mol. The Bertz CT molecular complexity index is 1080. The number of anilines is 1. The van der Waals surface area contributed by atoms with Gasteiger partial charge < -0.3 is 5.73 Å². The maximum absolute atomic E-state index is 13.3. The maximum Gasteiger partial charge on any atom is 0.157 e. The second-order valence-electron chi connectivity index (χ2n) is 6.44. The quantitative estimate of drug-likeness (QED) is 0.551. The molecule has 0 fully saturated rings. The van der Waals surface area contributed by atoms with E-state index in [4.69, 9.17) is 5.73 Å². The minimum atomic E-state index is -0.295. The van der Waals surface area contributed by atoms with Gasteiger partial charge in [-0.3, -0.25) is 0 Å². The van der Waals surface area contributed by atoms with E-state index in [-0.39, 0.29) is 11.6 Å². The lowest BCUT2D eigenvalue weighted by molar-refractivity contribution is 0.627. The third-order valence-electron chi connectivity index (χ3n) is 4.50. The molecule has 0 saturated heterocycles. The summed E-state index contributed by atoms with van der Waals surface area (Å²) in [5.74, 6) is -0.0572. The minimum absolute atomic E-state index is 0.295. The molecule has 0 saturated carbocycles. The molecule has 0 bridgehead atoms. The van der Waals surface area contributed by atoms with Crippen molar-refractivity contribution < 1.29 is 8.78 Å². The molecule has 4 rings (SSSR count). The zero-order valence-corrected chi connectivity index (χ0v) is 15.0. The second-order valence-corrected chi connectivity index (χ2v) is 6.44. The van der Waals surface area contributed by atoms with Crippen LogP contribution in [0.1, 0.15) is 23.2 Å². The molecule has 0 aliphatic heterocycles. The van der Waals surface area contributed by atoms with Crippen molar-refractivity contribution in [2.45, 2.75) is 12.8 Å². The van der Waals surface area contributed by atoms with Crippen LogP contribution in [0.4, 0.5) is 14.6 Å². The Morgan fingerprint density at radius 3 is 2.14 bits per heavy atom. The first-order valence-corrected chi connectivity index (χ1v) is 8.91. The number of nitrogen functional groups attached to an aromatic ring is 1. The van der Waals surface area contributed by atoms with Crippen molar-refractivity contribution in [2.24, 2.45) is 0 Å². The average Bonchev–Trinajstić information content (AvgIpc) is 3.16. The molecule has 0 radical (unpaired) electrons. The largest absolute Gasteiger partial charge is 0.384 e. The fraction of sp³-hybridized carbons (Fsp3) is 0.0909. The van der Waals surface area contributed by atoms with Crippen LogP contribution in [0.3, 0.4) is 0 Å². The molecular formula is C22H18F2N4. The highest BCUT2D eigenvalue weighted by Crippen LogP contribution is 2.25. The van der Waals surface area contributed by atoms with Gasteiger partial charge in [-0.25, -0.2) is 13.8 Å². The Hall–Kier alpha value is -3.54. The maximum atomic E-state index is 13.3. The molecule has 2 N–H and O–H groups in total. The van der Waals surface area contributed by atoms with Gasteiger partial charge in [-0.15, -0.1) is 0 Å². The number of fused-ring (bicyclic) bond motifs is 1. The van der Waals surface area contributed by atoms with Crippen molar-refractivity contribution in [1.29, 1.82) is 0 Å². The van der Waals surface area contributed by atoms with Crippen LogP contribution < -0.4 is 5.73 Å². The summed E-state index contributed by atoms with van der Waals surface area (Å²) in [5, 5.41) is 4.12. The van der Waals surface area contributed by atoms with Gasteiger partial charge in [0.15, 0.2) is 5.65 Å². The Kier molecular flexibility index (Phi) is 4.85. The standard InChI is InChI=1S/C22H18F2N4/c23-17-8-4-15(5-9-17)20(16-6-10-18(24)11-7-16)3-1-2-19-14-21(25)28-22(27-19)12-13-26-28/h3-14H,1-2,25H2. The molecule has 0 aliphatic carbocycles. The van der Waals surface area contributed by atoms with E-state index in [0.717, 1.165) is 22.4 Å². The number of halogens is 2. The highest BCUT2D eigenvalue weighted by Gasteiger charge is 2.07. The number of allylic oxidation sites excluding steroid dienone is 1. The van der Waals surface area contributed by atoms with Gasteiger partial charge in [0.25, 0.3) is 0 Å². The van der Waals surface area contributed by atoms with E-state index < -0.39 is 0 Å². The van der Waals surface area contributed by atoms with E-state index in [1.54, 1.807) is 41.0 Å². The molecule has 0 aliphatic rings. The van der Waals surface area contributed by atoms with Crippen LogP contribution in [0.5, 0.6) is 0 Å². The number of aromatic nitrogens is 3. The van der Waals surface area contributed by atoms with Gasteiger partial charge in [0.2, 0.25) is 0 Å². The summed E-state index contributed by atoms with van der Waals surface area (Å²) in [6.07, 6.45) is 5.08. The van der Waals surface area contributed by atoms with E-state index in [2.05, 4.69) is 16.2 Å². The van der Waals surface area contributed by atoms with Gasteiger partial charge in [-0.2, -0.15) is 9.61 Å². The second kappa shape index (κ2) is 7.60. The third-order valence-corrected chi connectivity index (χ3v) is 4.50. The summed E-state index contributed by atoms with van der Waals surface area (Å²) in [7, 11) is 0. The van der Waals surface area contributed by atoms with Gasteiger partial charge in [0.05, 0.1) is 6.20 Å². The molecule has 0 spiro atoms. The zero-order chi connectivity index (χ0) is 19.5. The summed E-state index contributed by atoms with van der Waals surface area (Å²) in [6, 6.07) is 16.2. The summed E-state index contributed by atoms with van der Waals surface area (Å²) < 4.78 is 28.2. The van der Waals surface area contributed by atoms with Crippen LogP contribution >= 0.6 is 0 Å². The van der Waals surface area contributed by atoms with Gasteiger partial charge in [0.1, 0.15) is 17.5 Å². The number of hydrogen-bond acceptors (Lipinski definition) is 3. The fourth-order valence-corrected chi connectivity index (χ4v) is 3.14. The lowest BCUT2D eigenvalue weighted by Crippen LogP contribution is -2.02. The number of rotatable bonds is 5. The Labute approximate surface area is 161 Å². The highest BCUT2D eigenvalue weighted by atomic mass is 19.1. The molecule has 0 atom stereocenters. The van der Waals surface area contributed by atoms with Gasteiger partial charge in [-0.1, -0.05) is 30.3 Å². The Morgan fingerprint density at radius 2 is 1.54 bits per heavy atom. The van der Waals surface area contributed by atoms with E-state index >= 15 is 0 Å². The molecule has 4 nitrogen and oxygen atoms in total. The first-order valence-electron chi connectivity index (χ1n) is 8.91. The van der Waals surface area contributed by atoms with Crippen molar-refractivity contribution in [1.82, 2.24) is 14.6 Å². The number of nitrogens with zero attached hydrogens (tertiary/aromatic N) is 3. The summed E-state index contributed by atoms with van der Waals surface area (Å²) in [5.41, 5.74) is 10.2. The van der Waals surface area contributed by atoms with Gasteiger partial charge in [-0.05, 0) is 53.8 Å². The monoisotopic (exact) mass is 376 g/mol. The van der Waals surface area contributed by atoms with Crippen molar-refractivity contribution in [2.75, 3.05) is 5.73 Å². The number of nitrogens with two attached hydrogens (primary N) is 1. The van der Waals surface area contributed by atoms with Gasteiger partial charge >= 0.3 is 0 Å². The topological polar surface area (TPSA) is 56.2 Å². The number of hydrogen-bond donors (Lipinski definition) is 1. The summed E-state index contributed by atoms with van der Waals surface area (Å²) >= 11 is 0. The fourth-order valence-electron chi connectivity index (χ4n) is 3.14. The molecule has 0 amide bonds. The van der Waals surface area contributed by atoms with E-state index in [1.165, 1.54) is 24.3 Å². The van der Waals surface area contributed by atoms with Crippen molar-refractivity contribution >= 4 is 17.0 Å². The van der Waals surface area contributed by atoms with Crippen LogP contribution in [0.15, 0.2) is 72.9 Å². The lowest BCUT2D eigenvalue weighted by atomic mass is 9.96. The minimum Gasteiger partial charge on any atom is -0.384 e. The molecule has 2 heterocycles. The molecule has 6 heteroatoms. The Morgan fingerprint density at radius 1 is 0.929 bits per heavy atom. The molecule has 2 aromatic carbocycles. The first kappa shape index (κ1) is 17.9. The van der Waals surface area contributed by atoms with Crippen molar-refractivity contribution in [3.63, 3.8) is 0 Å². The predicted molar refractivity (Wildman–Crippen MR) is 106 cm³/mol. The molecule has 4 aromatic rings. The van der Waals surface area contributed by atoms with Crippen LogP contribution in [0, 0.1) is 11.6 Å². The van der Waals surface area contributed by atoms with Crippen LogP contribution in [0.25, 0.3) is 11.2 Å².